The van der Waals surface area contributed by atoms with Crippen LogP contribution in [0.5, 0.6) is 0 Å². The van der Waals surface area contributed by atoms with E-state index in [1.165, 1.54) is 36.2 Å². The minimum atomic E-state index is -0.179. The van der Waals surface area contributed by atoms with Crippen LogP contribution in [-0.4, -0.2) is 41.0 Å². The fourth-order valence-corrected chi connectivity index (χ4v) is 5.92. The Balaban J connectivity index is 1.14. The molecule has 32 heavy (non-hydrogen) atoms. The zero-order valence-electron chi connectivity index (χ0n) is 18.6. The number of hydrogen-bond donors (Lipinski definition) is 3. The van der Waals surface area contributed by atoms with Crippen molar-refractivity contribution in [1.29, 1.82) is 0 Å². The summed E-state index contributed by atoms with van der Waals surface area (Å²) < 4.78 is 0. The molecule has 1 amide bonds. The zero-order valence-corrected chi connectivity index (χ0v) is 18.6. The van der Waals surface area contributed by atoms with Crippen molar-refractivity contribution in [2.24, 2.45) is 5.92 Å². The molecule has 0 bridgehead atoms. The van der Waals surface area contributed by atoms with Crippen LogP contribution in [0.25, 0.3) is 0 Å². The van der Waals surface area contributed by atoms with Crippen LogP contribution in [0.15, 0.2) is 48.8 Å². The van der Waals surface area contributed by atoms with Crippen molar-refractivity contribution in [3.05, 3.63) is 65.5 Å². The molecule has 6 heteroatoms. The van der Waals surface area contributed by atoms with Gasteiger partial charge in [-0.15, -0.1) is 0 Å². The minimum Gasteiger partial charge on any atom is -0.345 e. The van der Waals surface area contributed by atoms with Gasteiger partial charge >= 0.3 is 0 Å². The summed E-state index contributed by atoms with van der Waals surface area (Å²) in [4.78, 5) is 20.4. The number of fused-ring (bicyclic) bond motifs is 1. The molecule has 2 saturated carbocycles. The Morgan fingerprint density at radius 2 is 1.97 bits per heavy atom. The van der Waals surface area contributed by atoms with Gasteiger partial charge in [-0.2, -0.15) is 0 Å². The van der Waals surface area contributed by atoms with E-state index in [0.29, 0.717) is 17.9 Å². The molecule has 168 valence electrons. The van der Waals surface area contributed by atoms with E-state index in [-0.39, 0.29) is 17.5 Å². The molecule has 1 aromatic heterocycles. The van der Waals surface area contributed by atoms with Gasteiger partial charge in [0.1, 0.15) is 6.04 Å². The fraction of sp³-hybridized carbons (Fsp3) is 0.538. The quantitative estimate of drug-likeness (QED) is 0.656. The molecule has 4 fully saturated rings. The number of benzene rings is 1. The summed E-state index contributed by atoms with van der Waals surface area (Å²) in [6.07, 6.45) is 10.7. The largest absolute Gasteiger partial charge is 0.345 e. The first-order chi connectivity index (χ1) is 15.7. The van der Waals surface area contributed by atoms with Gasteiger partial charge in [0.15, 0.2) is 0 Å². The van der Waals surface area contributed by atoms with E-state index in [0.717, 1.165) is 38.6 Å². The van der Waals surface area contributed by atoms with Gasteiger partial charge in [-0.25, -0.2) is 5.43 Å². The molecule has 2 saturated heterocycles. The van der Waals surface area contributed by atoms with E-state index >= 15 is 0 Å². The number of carbonyl (C=O) groups is 1. The second-order valence-corrected chi connectivity index (χ2v) is 10.2. The Labute approximate surface area is 190 Å². The number of nitrogens with one attached hydrogen (secondary N) is 3. The number of hydrazine groups is 1. The Hall–Kier alpha value is -2.28. The average molecular weight is 432 g/mol. The lowest BCUT2D eigenvalue weighted by molar-refractivity contribution is -0.125. The van der Waals surface area contributed by atoms with Gasteiger partial charge < -0.3 is 5.32 Å². The Kier molecular flexibility index (Phi) is 5.24. The van der Waals surface area contributed by atoms with E-state index in [4.69, 9.17) is 0 Å². The highest BCUT2D eigenvalue weighted by Crippen LogP contribution is 2.46. The Bertz CT molecular complexity index is 971. The van der Waals surface area contributed by atoms with Crippen LogP contribution in [0.3, 0.4) is 0 Å². The molecular weight excluding hydrogens is 398 g/mol. The topological polar surface area (TPSA) is 69.3 Å². The molecule has 6 rings (SSSR count). The maximum Gasteiger partial charge on any atom is 0.239 e. The first-order valence-electron chi connectivity index (χ1n) is 12.2. The average Bonchev–Trinajstić information content (AvgIpc) is 3.46. The van der Waals surface area contributed by atoms with Gasteiger partial charge in [0.25, 0.3) is 0 Å². The van der Waals surface area contributed by atoms with E-state index in [1.807, 2.05) is 18.5 Å². The molecule has 2 aliphatic carbocycles. The first kappa shape index (κ1) is 20.3. The molecule has 4 unspecified atom stereocenters. The van der Waals surface area contributed by atoms with E-state index in [1.54, 1.807) is 0 Å². The number of hydrogen-bond acceptors (Lipinski definition) is 5. The van der Waals surface area contributed by atoms with E-state index in [9.17, 15) is 4.79 Å². The molecule has 4 aliphatic rings. The highest BCUT2D eigenvalue weighted by molar-refractivity contribution is 5.84. The third-order valence-electron chi connectivity index (χ3n) is 8.12. The molecule has 0 spiro atoms. The van der Waals surface area contributed by atoms with Crippen LogP contribution in [0, 0.1) is 5.92 Å². The van der Waals surface area contributed by atoms with Crippen molar-refractivity contribution in [2.45, 2.75) is 68.6 Å². The van der Waals surface area contributed by atoms with Gasteiger partial charge in [0.05, 0.1) is 5.54 Å². The Morgan fingerprint density at radius 3 is 2.72 bits per heavy atom. The summed E-state index contributed by atoms with van der Waals surface area (Å²) in [5, 5.41) is 3.40. The lowest BCUT2D eigenvalue weighted by atomic mass is 9.73. The predicted octanol–water partition coefficient (Wildman–Crippen LogP) is 2.82. The van der Waals surface area contributed by atoms with E-state index < -0.39 is 0 Å². The van der Waals surface area contributed by atoms with Crippen LogP contribution < -0.4 is 16.2 Å². The molecule has 2 aromatic rings. The maximum atomic E-state index is 13.4. The van der Waals surface area contributed by atoms with Crippen molar-refractivity contribution in [3.63, 3.8) is 0 Å². The third-order valence-corrected chi connectivity index (χ3v) is 8.12. The predicted molar refractivity (Wildman–Crippen MR) is 124 cm³/mol. The maximum absolute atomic E-state index is 13.4. The summed E-state index contributed by atoms with van der Waals surface area (Å²) in [6, 6.07) is 13.0. The second kappa shape index (κ2) is 8.25. The number of pyridine rings is 1. The first-order valence-corrected chi connectivity index (χ1v) is 12.2. The van der Waals surface area contributed by atoms with Gasteiger partial charge in [0, 0.05) is 30.9 Å². The number of aromatic nitrogens is 1. The molecule has 4 atom stereocenters. The van der Waals surface area contributed by atoms with Crippen LogP contribution in [-0.2, 0) is 16.9 Å². The summed E-state index contributed by atoms with van der Waals surface area (Å²) in [6.45, 7) is 3.42. The van der Waals surface area contributed by atoms with Gasteiger partial charge in [-0.05, 0) is 74.2 Å². The SMILES string of the molecule is O=C(NC1(c2ccccc2)CC1)C1NNC2CCC(c3cncc(CN4CCC4)c3)CC21. The zero-order chi connectivity index (χ0) is 21.5. The summed E-state index contributed by atoms with van der Waals surface area (Å²) in [5.41, 5.74) is 10.5. The number of nitrogens with zero attached hydrogens (tertiary/aromatic N) is 2. The highest BCUT2D eigenvalue weighted by atomic mass is 16.2. The van der Waals surface area contributed by atoms with Gasteiger partial charge in [-0.3, -0.25) is 20.1 Å². The molecule has 2 aliphatic heterocycles. The lowest BCUT2D eigenvalue weighted by Crippen LogP contribution is -2.49. The number of likely N-dealkylation sites (tertiary alicyclic amines) is 1. The lowest BCUT2D eigenvalue weighted by Gasteiger charge is -2.34. The van der Waals surface area contributed by atoms with Crippen molar-refractivity contribution >= 4 is 5.91 Å². The summed E-state index contributed by atoms with van der Waals surface area (Å²) >= 11 is 0. The molecular formula is C26H33N5O. The fourth-order valence-electron chi connectivity index (χ4n) is 5.92. The van der Waals surface area contributed by atoms with Crippen LogP contribution in [0.1, 0.15) is 61.1 Å². The normalized spacial score (nSPS) is 30.9. The van der Waals surface area contributed by atoms with Crippen LogP contribution in [0.2, 0.25) is 0 Å². The van der Waals surface area contributed by atoms with Crippen molar-refractivity contribution in [2.75, 3.05) is 13.1 Å². The summed E-state index contributed by atoms with van der Waals surface area (Å²) in [7, 11) is 0. The Morgan fingerprint density at radius 1 is 1.12 bits per heavy atom. The van der Waals surface area contributed by atoms with Crippen LogP contribution >= 0.6 is 0 Å². The monoisotopic (exact) mass is 431 g/mol. The summed E-state index contributed by atoms with van der Waals surface area (Å²) in [5.74, 6) is 0.914. The van der Waals surface area contributed by atoms with Crippen LogP contribution in [0.4, 0.5) is 0 Å². The molecule has 3 N–H and O–H groups in total. The third kappa shape index (κ3) is 3.85. The van der Waals surface area contributed by atoms with Gasteiger partial charge in [0.2, 0.25) is 5.91 Å². The number of amides is 1. The molecule has 3 heterocycles. The standard InChI is InChI=1S/C26H33N5O/c32-25(28-26(9-10-26)21-5-2-1-3-6-21)24-22-14-19(7-8-23(22)29-30-24)20-13-18(15-27-16-20)17-31-11-4-12-31/h1-3,5-6,13,15-16,19,22-24,29-30H,4,7-12,14,17H2,(H,28,32). The van der Waals surface area contributed by atoms with Crippen molar-refractivity contribution < 1.29 is 4.79 Å². The van der Waals surface area contributed by atoms with E-state index in [2.05, 4.69) is 56.4 Å². The van der Waals surface area contributed by atoms with Gasteiger partial charge in [-0.1, -0.05) is 36.4 Å². The minimum absolute atomic E-state index is 0.136. The second-order valence-electron chi connectivity index (χ2n) is 10.2. The smallest absolute Gasteiger partial charge is 0.239 e. The molecule has 0 radical (unpaired) electrons. The highest BCUT2D eigenvalue weighted by Gasteiger charge is 2.50. The van der Waals surface area contributed by atoms with Crippen molar-refractivity contribution in [1.82, 2.24) is 26.1 Å². The number of rotatable bonds is 6. The molecule has 1 aromatic carbocycles. The number of carbonyl (C=O) groups excluding carboxylic acids is 1. The molecule has 6 nitrogen and oxygen atoms in total. The van der Waals surface area contributed by atoms with Crippen molar-refractivity contribution in [3.8, 4) is 0 Å².